The molecule has 1 saturated carbocycles. The number of aromatic nitrogens is 4. The van der Waals surface area contributed by atoms with Crippen LogP contribution in [0.25, 0.3) is 0 Å². The van der Waals surface area contributed by atoms with E-state index in [1.165, 1.54) is 0 Å². The first-order chi connectivity index (χ1) is 10.6. The average Bonchev–Trinajstić information content (AvgIpc) is 3.04. The molecule has 0 aliphatic heterocycles. The summed E-state index contributed by atoms with van der Waals surface area (Å²) in [6, 6.07) is 0.0916. The van der Waals surface area contributed by atoms with Crippen LogP contribution >= 0.6 is 0 Å². The largest absolute Gasteiger partial charge is 0.350 e. The first kappa shape index (κ1) is 14.8. The fourth-order valence-electron chi connectivity index (χ4n) is 2.66. The molecular weight excluding hydrogens is 280 g/mol. The van der Waals surface area contributed by atoms with Crippen LogP contribution in [0.2, 0.25) is 0 Å². The average molecular weight is 302 g/mol. The Hall–Kier alpha value is -2.15. The van der Waals surface area contributed by atoms with Crippen molar-refractivity contribution in [1.82, 2.24) is 30.2 Å². The molecule has 1 atom stereocenters. The molecule has 1 unspecified atom stereocenters. The molecule has 7 heteroatoms. The first-order valence-corrected chi connectivity index (χ1v) is 7.52. The predicted octanol–water partition coefficient (Wildman–Crippen LogP) is 1.05. The van der Waals surface area contributed by atoms with Gasteiger partial charge in [-0.1, -0.05) is 0 Å². The number of carbonyl (C=O) groups excluding carboxylic acids is 1. The van der Waals surface area contributed by atoms with E-state index >= 15 is 0 Å². The highest BCUT2D eigenvalue weighted by Crippen LogP contribution is 2.40. The molecule has 118 valence electrons. The Balaban J connectivity index is 1.66. The lowest BCUT2D eigenvalue weighted by molar-refractivity contribution is 0.0941. The van der Waals surface area contributed by atoms with Crippen molar-refractivity contribution in [3.8, 4) is 0 Å². The van der Waals surface area contributed by atoms with Crippen LogP contribution in [0.15, 0.2) is 18.6 Å². The molecule has 2 aromatic rings. The second-order valence-electron chi connectivity index (χ2n) is 6.11. The molecule has 1 amide bonds. The Bertz CT molecular complexity index is 655. The molecule has 2 aromatic heterocycles. The third-order valence-electron chi connectivity index (χ3n) is 4.09. The molecular formula is C15H22N6O. The molecule has 3 rings (SSSR count). The van der Waals surface area contributed by atoms with Gasteiger partial charge in [-0.05, 0) is 26.9 Å². The van der Waals surface area contributed by atoms with Gasteiger partial charge in [-0.25, -0.2) is 0 Å². The summed E-state index contributed by atoms with van der Waals surface area (Å²) in [7, 11) is 5.89. The number of aryl methyl sites for hydroxylation is 1. The first-order valence-electron chi connectivity index (χ1n) is 7.52. The number of H-pyrrole nitrogens is 1. The zero-order valence-electron chi connectivity index (χ0n) is 13.2. The zero-order chi connectivity index (χ0) is 15.7. The van der Waals surface area contributed by atoms with Gasteiger partial charge in [0.15, 0.2) is 0 Å². The van der Waals surface area contributed by atoms with Crippen LogP contribution in [0.4, 0.5) is 0 Å². The minimum Gasteiger partial charge on any atom is -0.350 e. The smallest absolute Gasteiger partial charge is 0.254 e. The predicted molar refractivity (Wildman–Crippen MR) is 82.5 cm³/mol. The van der Waals surface area contributed by atoms with Gasteiger partial charge in [-0.15, -0.1) is 0 Å². The molecule has 2 N–H and O–H groups in total. The van der Waals surface area contributed by atoms with Crippen molar-refractivity contribution in [3.63, 3.8) is 0 Å². The van der Waals surface area contributed by atoms with Gasteiger partial charge in [0.1, 0.15) is 0 Å². The number of rotatable bonds is 6. The van der Waals surface area contributed by atoms with Crippen LogP contribution in [-0.4, -0.2) is 51.4 Å². The maximum absolute atomic E-state index is 12.4. The fraction of sp³-hybridized carbons (Fsp3) is 0.533. The Kier molecular flexibility index (Phi) is 3.98. The van der Waals surface area contributed by atoms with Crippen molar-refractivity contribution in [2.24, 2.45) is 7.05 Å². The standard InChI is InChI=1S/C15H22N6O/c1-20(2)13(11-6-18-21(3)9-11)8-16-15(22)12-7-17-19-14(12)10-4-5-10/h6-7,9-10,13H,4-5,8H2,1-3H3,(H,16,22)(H,17,19). The van der Waals surface area contributed by atoms with Gasteiger partial charge in [0, 0.05) is 31.3 Å². The maximum Gasteiger partial charge on any atom is 0.254 e. The Morgan fingerprint density at radius 3 is 2.86 bits per heavy atom. The third kappa shape index (κ3) is 3.04. The number of carbonyl (C=O) groups is 1. The summed E-state index contributed by atoms with van der Waals surface area (Å²) < 4.78 is 1.77. The number of likely N-dealkylation sites (N-methyl/N-ethyl adjacent to an activating group) is 1. The second kappa shape index (κ2) is 5.92. The molecule has 1 aliphatic rings. The molecule has 0 bridgehead atoms. The van der Waals surface area contributed by atoms with E-state index in [2.05, 4.69) is 25.5 Å². The van der Waals surface area contributed by atoms with Crippen molar-refractivity contribution in [1.29, 1.82) is 0 Å². The molecule has 7 nitrogen and oxygen atoms in total. The third-order valence-corrected chi connectivity index (χ3v) is 4.09. The van der Waals surface area contributed by atoms with Crippen LogP contribution in [0.1, 0.15) is 46.4 Å². The number of nitrogens with one attached hydrogen (secondary N) is 2. The molecule has 0 aromatic carbocycles. The summed E-state index contributed by atoms with van der Waals surface area (Å²) in [4.78, 5) is 14.5. The minimum atomic E-state index is -0.0635. The minimum absolute atomic E-state index is 0.0635. The van der Waals surface area contributed by atoms with Gasteiger partial charge in [0.05, 0.1) is 29.7 Å². The van der Waals surface area contributed by atoms with E-state index in [1.807, 2.05) is 33.5 Å². The van der Waals surface area contributed by atoms with Crippen LogP contribution in [0.5, 0.6) is 0 Å². The Labute approximate surface area is 129 Å². The van der Waals surface area contributed by atoms with Crippen molar-refractivity contribution in [3.05, 3.63) is 35.4 Å². The quantitative estimate of drug-likeness (QED) is 0.836. The van der Waals surface area contributed by atoms with E-state index in [-0.39, 0.29) is 11.9 Å². The van der Waals surface area contributed by atoms with E-state index in [1.54, 1.807) is 10.9 Å². The molecule has 1 aliphatic carbocycles. The highest BCUT2D eigenvalue weighted by Gasteiger charge is 2.30. The molecule has 2 heterocycles. The van der Waals surface area contributed by atoms with E-state index in [0.717, 1.165) is 24.1 Å². The SMILES string of the molecule is CN(C)C(CNC(=O)c1cn[nH]c1C1CC1)c1cnn(C)c1. The normalized spacial score (nSPS) is 16.0. The van der Waals surface area contributed by atoms with Crippen LogP contribution in [0, 0.1) is 0 Å². The Morgan fingerprint density at radius 1 is 1.50 bits per heavy atom. The lowest BCUT2D eigenvalue weighted by Crippen LogP contribution is -2.34. The number of hydrogen-bond acceptors (Lipinski definition) is 4. The molecule has 22 heavy (non-hydrogen) atoms. The van der Waals surface area contributed by atoms with E-state index < -0.39 is 0 Å². The molecule has 0 radical (unpaired) electrons. The number of aromatic amines is 1. The molecule has 0 saturated heterocycles. The Morgan fingerprint density at radius 2 is 2.27 bits per heavy atom. The van der Waals surface area contributed by atoms with Gasteiger partial charge in [-0.3, -0.25) is 14.6 Å². The highest BCUT2D eigenvalue weighted by atomic mass is 16.1. The second-order valence-corrected chi connectivity index (χ2v) is 6.11. The summed E-state index contributed by atoms with van der Waals surface area (Å²) in [6.07, 6.45) is 7.71. The maximum atomic E-state index is 12.4. The van der Waals surface area contributed by atoms with Crippen molar-refractivity contribution in [2.45, 2.75) is 24.8 Å². The molecule has 0 spiro atoms. The molecule has 1 fully saturated rings. The summed E-state index contributed by atoms with van der Waals surface area (Å²) >= 11 is 0. The fourth-order valence-corrected chi connectivity index (χ4v) is 2.66. The lowest BCUT2D eigenvalue weighted by Gasteiger charge is -2.23. The number of nitrogens with zero attached hydrogens (tertiary/aromatic N) is 4. The van der Waals surface area contributed by atoms with Gasteiger partial charge >= 0.3 is 0 Å². The van der Waals surface area contributed by atoms with E-state index in [9.17, 15) is 4.79 Å². The topological polar surface area (TPSA) is 78.8 Å². The van der Waals surface area contributed by atoms with Gasteiger partial charge in [0.2, 0.25) is 0 Å². The van der Waals surface area contributed by atoms with Crippen molar-refractivity contribution < 1.29 is 4.79 Å². The highest BCUT2D eigenvalue weighted by molar-refractivity contribution is 5.95. The summed E-state index contributed by atoms with van der Waals surface area (Å²) in [5, 5.41) is 14.2. The summed E-state index contributed by atoms with van der Waals surface area (Å²) in [6.45, 7) is 0.535. The number of hydrogen-bond donors (Lipinski definition) is 2. The summed E-state index contributed by atoms with van der Waals surface area (Å²) in [5.74, 6) is 0.414. The van der Waals surface area contributed by atoms with Crippen LogP contribution in [0.3, 0.4) is 0 Å². The monoisotopic (exact) mass is 302 g/mol. The van der Waals surface area contributed by atoms with Gasteiger partial charge < -0.3 is 10.2 Å². The number of amides is 1. The lowest BCUT2D eigenvalue weighted by atomic mass is 10.1. The zero-order valence-corrected chi connectivity index (χ0v) is 13.2. The van der Waals surface area contributed by atoms with Crippen molar-refractivity contribution in [2.75, 3.05) is 20.6 Å². The van der Waals surface area contributed by atoms with Crippen molar-refractivity contribution >= 4 is 5.91 Å². The summed E-state index contributed by atoms with van der Waals surface area (Å²) in [5.41, 5.74) is 2.73. The van der Waals surface area contributed by atoms with Gasteiger partial charge in [0.25, 0.3) is 5.91 Å². The van der Waals surface area contributed by atoms with Crippen LogP contribution in [-0.2, 0) is 7.05 Å². The van der Waals surface area contributed by atoms with E-state index in [0.29, 0.717) is 18.0 Å². The van der Waals surface area contributed by atoms with Gasteiger partial charge in [-0.2, -0.15) is 10.2 Å². The van der Waals surface area contributed by atoms with Crippen LogP contribution < -0.4 is 5.32 Å². The van der Waals surface area contributed by atoms with E-state index in [4.69, 9.17) is 0 Å².